The molecule has 0 atom stereocenters. The number of methoxy groups -OCH3 is 1. The summed E-state index contributed by atoms with van der Waals surface area (Å²) in [4.78, 5) is 23.6. The highest BCUT2D eigenvalue weighted by Gasteiger charge is 2.53. The molecule has 43 heavy (non-hydrogen) atoms. The molecule has 0 fully saturated rings. The van der Waals surface area contributed by atoms with E-state index in [0.29, 0.717) is 29.2 Å². The predicted molar refractivity (Wildman–Crippen MR) is 163 cm³/mol. The molecule has 0 aliphatic heterocycles. The van der Waals surface area contributed by atoms with Crippen LogP contribution in [0.4, 0.5) is 8.78 Å². The van der Waals surface area contributed by atoms with Crippen LogP contribution in [0.25, 0.3) is 21.5 Å². The second-order valence-corrected chi connectivity index (χ2v) is 14.7. The first-order chi connectivity index (χ1) is 20.1. The molecular formula is C25H27BrF2N5O7PS2. The molecule has 4 rings (SSSR count). The van der Waals surface area contributed by atoms with Crippen molar-refractivity contribution in [3.8, 4) is 22.9 Å². The first-order valence-corrected chi connectivity index (χ1v) is 17.2. The van der Waals surface area contributed by atoms with E-state index < -0.39 is 28.2 Å². The highest BCUT2D eigenvalue weighted by molar-refractivity contribution is 9.10. The van der Waals surface area contributed by atoms with Gasteiger partial charge in [-0.15, -0.1) is 11.3 Å². The first-order valence-electron chi connectivity index (χ1n) is 12.4. The van der Waals surface area contributed by atoms with E-state index in [0.717, 1.165) is 11.9 Å². The van der Waals surface area contributed by atoms with Crippen LogP contribution in [0.15, 0.2) is 51.6 Å². The van der Waals surface area contributed by atoms with E-state index in [1.165, 1.54) is 23.4 Å². The largest absolute Gasteiger partial charge is 0.497 e. The molecule has 18 heteroatoms. The van der Waals surface area contributed by atoms with Crippen LogP contribution in [-0.2, 0) is 26.8 Å². The molecule has 2 aromatic heterocycles. The summed E-state index contributed by atoms with van der Waals surface area (Å²) in [6.45, 7) is 0.266. The van der Waals surface area contributed by atoms with Crippen LogP contribution in [0.3, 0.4) is 0 Å². The molecule has 0 spiro atoms. The average molecular weight is 723 g/mol. The number of benzene rings is 2. The van der Waals surface area contributed by atoms with E-state index >= 15 is 0 Å². The Morgan fingerprint density at radius 2 is 1.93 bits per heavy atom. The van der Waals surface area contributed by atoms with Crippen LogP contribution in [0.1, 0.15) is 16.9 Å². The zero-order valence-electron chi connectivity index (χ0n) is 23.0. The molecule has 0 unspecified atom stereocenters. The van der Waals surface area contributed by atoms with E-state index in [1.807, 2.05) is 24.3 Å². The van der Waals surface area contributed by atoms with Gasteiger partial charge in [0.05, 0.1) is 30.7 Å². The molecule has 0 aliphatic rings. The fourth-order valence-electron chi connectivity index (χ4n) is 3.77. The van der Waals surface area contributed by atoms with Crippen LogP contribution in [0, 0.1) is 0 Å². The minimum absolute atomic E-state index is 0.0333. The van der Waals surface area contributed by atoms with Crippen molar-refractivity contribution in [2.45, 2.75) is 18.6 Å². The number of nitrogens with zero attached hydrogens (tertiary/aromatic N) is 5. The van der Waals surface area contributed by atoms with Gasteiger partial charge in [-0.3, -0.25) is 4.57 Å². The predicted octanol–water partition coefficient (Wildman–Crippen LogP) is 4.89. The Hall–Kier alpha value is -2.95. The topological polar surface area (TPSA) is 156 Å². The molecule has 0 saturated carbocycles. The lowest BCUT2D eigenvalue weighted by atomic mass is 10.1. The minimum Gasteiger partial charge on any atom is -0.497 e. The third kappa shape index (κ3) is 7.77. The van der Waals surface area contributed by atoms with Gasteiger partial charge in [-0.05, 0) is 52.2 Å². The Morgan fingerprint density at radius 3 is 2.56 bits per heavy atom. The maximum atomic E-state index is 14.8. The Bertz CT molecular complexity index is 1790. The Labute approximate surface area is 258 Å². The van der Waals surface area contributed by atoms with Crippen molar-refractivity contribution in [3.05, 3.63) is 57.6 Å². The molecule has 2 aromatic carbocycles. The van der Waals surface area contributed by atoms with Gasteiger partial charge in [0, 0.05) is 29.5 Å². The van der Waals surface area contributed by atoms with Crippen LogP contribution in [0.5, 0.6) is 11.5 Å². The summed E-state index contributed by atoms with van der Waals surface area (Å²) in [7, 11) is -4.81. The number of thiophene rings is 1. The highest BCUT2D eigenvalue weighted by atomic mass is 79.9. The molecule has 2 heterocycles. The highest BCUT2D eigenvalue weighted by Crippen LogP contribution is 2.63. The van der Waals surface area contributed by atoms with Gasteiger partial charge in [0.1, 0.15) is 29.0 Å². The van der Waals surface area contributed by atoms with Gasteiger partial charge in [-0.25, -0.2) is 18.1 Å². The van der Waals surface area contributed by atoms with Gasteiger partial charge >= 0.3 is 13.3 Å². The van der Waals surface area contributed by atoms with E-state index in [4.69, 9.17) is 9.47 Å². The number of aromatic nitrogens is 3. The van der Waals surface area contributed by atoms with Crippen molar-refractivity contribution >= 4 is 61.3 Å². The minimum atomic E-state index is -5.86. The SMILES string of the molecule is COc1ccc(Cn2cnc(-c3cc(OCCCS(=O)(=O)/N=C\N(C)C)c4sc(C(F)(F)P(=O)(O)O)c(Br)c4c3)n2)cc1. The number of sulfonamides is 1. The van der Waals surface area contributed by atoms with Crippen molar-refractivity contribution in [3.63, 3.8) is 0 Å². The third-order valence-corrected chi connectivity index (χ3v) is 10.6. The van der Waals surface area contributed by atoms with E-state index in [2.05, 4.69) is 30.4 Å². The van der Waals surface area contributed by atoms with Gasteiger partial charge in [-0.1, -0.05) is 12.1 Å². The number of rotatable bonds is 13. The molecule has 232 valence electrons. The van der Waals surface area contributed by atoms with Gasteiger partial charge in [0.15, 0.2) is 5.82 Å². The lowest BCUT2D eigenvalue weighted by Gasteiger charge is -2.16. The van der Waals surface area contributed by atoms with Gasteiger partial charge in [-0.2, -0.15) is 18.3 Å². The summed E-state index contributed by atoms with van der Waals surface area (Å²) in [5.74, 6) is 0.703. The van der Waals surface area contributed by atoms with E-state index in [1.54, 1.807) is 25.9 Å². The normalized spacial score (nSPS) is 12.7. The number of ether oxygens (including phenoxy) is 2. The van der Waals surface area contributed by atoms with Crippen molar-refractivity contribution < 1.29 is 41.0 Å². The van der Waals surface area contributed by atoms with Crippen LogP contribution in [0.2, 0.25) is 0 Å². The van der Waals surface area contributed by atoms with Gasteiger partial charge in [0.25, 0.3) is 10.0 Å². The number of hydrogen-bond acceptors (Lipinski definition) is 8. The maximum absolute atomic E-state index is 14.8. The smallest absolute Gasteiger partial charge is 0.400 e. The van der Waals surface area contributed by atoms with Crippen molar-refractivity contribution in [2.24, 2.45) is 4.40 Å². The number of fused-ring (bicyclic) bond motifs is 1. The molecule has 2 N–H and O–H groups in total. The number of halogens is 3. The molecule has 0 aliphatic carbocycles. The maximum Gasteiger partial charge on any atom is 0.400 e. The zero-order valence-corrected chi connectivity index (χ0v) is 27.1. The molecule has 4 aromatic rings. The number of alkyl halides is 2. The van der Waals surface area contributed by atoms with Gasteiger partial charge < -0.3 is 24.2 Å². The zero-order chi connectivity index (χ0) is 31.6. The molecule has 0 bridgehead atoms. The van der Waals surface area contributed by atoms with Crippen LogP contribution in [-0.4, -0.2) is 77.8 Å². The van der Waals surface area contributed by atoms with Crippen LogP contribution < -0.4 is 9.47 Å². The van der Waals surface area contributed by atoms with Crippen molar-refractivity contribution in [1.29, 1.82) is 0 Å². The Morgan fingerprint density at radius 1 is 1.23 bits per heavy atom. The van der Waals surface area contributed by atoms with Crippen molar-refractivity contribution in [2.75, 3.05) is 33.6 Å². The molecule has 0 amide bonds. The lowest BCUT2D eigenvalue weighted by Crippen LogP contribution is -2.13. The quantitative estimate of drug-likeness (QED) is 0.0843. The monoisotopic (exact) mass is 721 g/mol. The molecule has 12 nitrogen and oxygen atoms in total. The summed E-state index contributed by atoms with van der Waals surface area (Å²) in [6.07, 6.45) is 2.70. The summed E-state index contributed by atoms with van der Waals surface area (Å²) >= 11 is 3.55. The molecular weight excluding hydrogens is 695 g/mol. The van der Waals surface area contributed by atoms with Crippen LogP contribution >= 0.6 is 34.9 Å². The fourth-order valence-corrected chi connectivity index (χ4v) is 7.66. The Kier molecular flexibility index (Phi) is 9.93. The lowest BCUT2D eigenvalue weighted by molar-refractivity contribution is 0.0595. The van der Waals surface area contributed by atoms with E-state index in [9.17, 15) is 31.6 Å². The summed E-state index contributed by atoms with van der Waals surface area (Å²) in [5, 5.41) is 4.68. The first kappa shape index (κ1) is 33.0. The molecule has 0 saturated heterocycles. The fraction of sp³-hybridized carbons (Fsp3) is 0.320. The third-order valence-electron chi connectivity index (χ3n) is 5.87. The van der Waals surface area contributed by atoms with E-state index in [-0.39, 0.29) is 44.9 Å². The second kappa shape index (κ2) is 13.0. The van der Waals surface area contributed by atoms with Gasteiger partial charge in [0.2, 0.25) is 0 Å². The molecule has 0 radical (unpaired) electrons. The second-order valence-electron chi connectivity index (χ2n) is 9.47. The number of hydrogen-bond donors (Lipinski definition) is 2. The van der Waals surface area contributed by atoms with Crippen molar-refractivity contribution in [1.82, 2.24) is 19.7 Å². The summed E-state index contributed by atoms with van der Waals surface area (Å²) in [5.41, 5.74) is -3.17. The summed E-state index contributed by atoms with van der Waals surface area (Å²) in [6, 6.07) is 10.4. The standard InChI is InChI=1S/C25H27BrF2N5O7PS2/c1-32(2)15-30-43(37,38)10-4-9-40-20-12-17(11-19-21(26)23(42-22(19)20)25(27,28)41(34,35)36)24-29-14-33(31-24)13-16-5-7-18(39-3)8-6-16/h5-8,11-12,14-15H,4,9-10,13H2,1-3H3,(H2,34,35,36)/b30-15-. The summed E-state index contributed by atoms with van der Waals surface area (Å²) < 4.78 is 81.6. The average Bonchev–Trinajstić information content (AvgIpc) is 3.54. The Balaban J connectivity index is 1.67.